The minimum atomic E-state index is -0.402. The molecule has 0 bridgehead atoms. The van der Waals surface area contributed by atoms with Gasteiger partial charge in [-0.2, -0.15) is 0 Å². The molecule has 0 radical (unpaired) electrons. The van der Waals surface area contributed by atoms with Crippen molar-refractivity contribution < 1.29 is 9.50 Å². The van der Waals surface area contributed by atoms with Crippen molar-refractivity contribution in [1.29, 1.82) is 0 Å². The summed E-state index contributed by atoms with van der Waals surface area (Å²) in [5, 5.41) is 11.7. The molecule has 0 saturated heterocycles. The van der Waals surface area contributed by atoms with Gasteiger partial charge in [0.25, 0.3) is 0 Å². The molecular formula is C28H26FOP. The van der Waals surface area contributed by atoms with E-state index in [1.165, 1.54) is 6.07 Å². The quantitative estimate of drug-likeness (QED) is 0.315. The predicted octanol–water partition coefficient (Wildman–Crippen LogP) is 7.49. The van der Waals surface area contributed by atoms with Gasteiger partial charge >= 0.3 is 0 Å². The first-order valence-electron chi connectivity index (χ1n) is 10.5. The Kier molecular flexibility index (Phi) is 6.20. The second-order valence-corrected chi connectivity index (χ2v) is 9.83. The van der Waals surface area contributed by atoms with Crippen molar-refractivity contribution in [2.75, 3.05) is 0 Å². The molecule has 0 aliphatic heterocycles. The molecule has 156 valence electrons. The number of hydrogen-bond donors (Lipinski definition) is 1. The molecule has 31 heavy (non-hydrogen) atoms. The molecule has 1 N–H and O–H groups in total. The molecule has 2 unspecified atom stereocenters. The summed E-state index contributed by atoms with van der Waals surface area (Å²) in [7, 11) is 0.194. The summed E-state index contributed by atoms with van der Waals surface area (Å²) < 4.78 is 14.5. The average Bonchev–Trinajstić information content (AvgIpc) is 2.82. The highest BCUT2D eigenvalue weighted by Gasteiger charge is 2.31. The van der Waals surface area contributed by atoms with Gasteiger partial charge in [-0.3, -0.25) is 0 Å². The smallest absolute Gasteiger partial charge is 0.130 e. The fourth-order valence-electron chi connectivity index (χ4n) is 3.90. The molecule has 4 rings (SSSR count). The van der Waals surface area contributed by atoms with Crippen LogP contribution in [-0.4, -0.2) is 5.11 Å². The van der Waals surface area contributed by atoms with E-state index in [9.17, 15) is 9.50 Å². The zero-order chi connectivity index (χ0) is 21.8. The van der Waals surface area contributed by atoms with E-state index in [4.69, 9.17) is 0 Å². The van der Waals surface area contributed by atoms with Gasteiger partial charge in [-0.15, -0.1) is 0 Å². The van der Waals surface area contributed by atoms with E-state index in [1.807, 2.05) is 66.7 Å². The molecule has 3 heteroatoms. The second-order valence-electron chi connectivity index (χ2n) is 7.94. The lowest BCUT2D eigenvalue weighted by molar-refractivity contribution is 0.459. The van der Waals surface area contributed by atoms with Gasteiger partial charge in [-0.25, -0.2) is 4.39 Å². The Balaban J connectivity index is 1.92. The molecule has 0 aliphatic rings. The Morgan fingerprint density at radius 3 is 1.97 bits per heavy atom. The fourth-order valence-corrected chi connectivity index (χ4v) is 5.37. The molecule has 0 aliphatic carbocycles. The lowest BCUT2D eigenvalue weighted by Gasteiger charge is -2.31. The predicted molar refractivity (Wildman–Crippen MR) is 131 cm³/mol. The highest BCUT2D eigenvalue weighted by atomic mass is 31.1. The Bertz CT molecular complexity index is 1170. The number of halogens is 1. The zero-order valence-electron chi connectivity index (χ0n) is 17.8. The van der Waals surface area contributed by atoms with E-state index in [-0.39, 0.29) is 20.1 Å². The van der Waals surface area contributed by atoms with Gasteiger partial charge in [0.15, 0.2) is 0 Å². The molecule has 0 fully saturated rings. The average molecular weight is 428 g/mol. The summed E-state index contributed by atoms with van der Waals surface area (Å²) in [4.78, 5) is 0. The van der Waals surface area contributed by atoms with Crippen LogP contribution in [0.2, 0.25) is 0 Å². The number of phenolic OH excluding ortho intramolecular Hbond substituents is 1. The van der Waals surface area contributed by atoms with Crippen LogP contribution in [0.1, 0.15) is 25.8 Å². The normalized spacial score (nSPS) is 13.4. The van der Waals surface area contributed by atoms with Crippen LogP contribution >= 0.6 is 8.58 Å². The minimum Gasteiger partial charge on any atom is -0.507 e. The molecule has 4 aromatic carbocycles. The van der Waals surface area contributed by atoms with Gasteiger partial charge in [0.05, 0.1) is 0 Å². The van der Waals surface area contributed by atoms with Gasteiger partial charge in [-0.05, 0) is 41.3 Å². The number of aromatic hydroxyl groups is 1. The SMILES string of the molecule is CCC(C)(Pc1ccccc1F)c1cc(-c2ccccc2)cc(-c2ccccc2)c1O. The summed E-state index contributed by atoms with van der Waals surface area (Å²) in [6.45, 7) is 4.22. The molecule has 0 amide bonds. The van der Waals surface area contributed by atoms with Gasteiger partial charge < -0.3 is 5.11 Å². The molecule has 0 heterocycles. The number of benzene rings is 4. The molecule has 0 saturated carbocycles. The van der Waals surface area contributed by atoms with E-state index in [0.717, 1.165) is 34.2 Å². The first-order chi connectivity index (χ1) is 15.0. The van der Waals surface area contributed by atoms with Crippen LogP contribution in [0.15, 0.2) is 97.1 Å². The Hall–Kier alpha value is -2.96. The van der Waals surface area contributed by atoms with E-state index in [2.05, 4.69) is 32.0 Å². The van der Waals surface area contributed by atoms with Crippen molar-refractivity contribution >= 4 is 13.9 Å². The van der Waals surface area contributed by atoms with Crippen LogP contribution in [0.4, 0.5) is 4.39 Å². The second kappa shape index (κ2) is 9.04. The summed E-state index contributed by atoms with van der Waals surface area (Å²) in [5.74, 6) is 0.0848. The van der Waals surface area contributed by atoms with Crippen LogP contribution in [0.25, 0.3) is 22.3 Å². The maximum absolute atomic E-state index is 14.5. The third-order valence-corrected chi connectivity index (χ3v) is 7.74. The summed E-state index contributed by atoms with van der Waals surface area (Å²) in [6.07, 6.45) is 0.778. The number of hydrogen-bond acceptors (Lipinski definition) is 1. The fraction of sp³-hybridized carbons (Fsp3) is 0.143. The van der Waals surface area contributed by atoms with Crippen molar-refractivity contribution in [3.05, 3.63) is 108 Å². The lowest BCUT2D eigenvalue weighted by Crippen LogP contribution is -2.20. The highest BCUT2D eigenvalue weighted by molar-refractivity contribution is 7.48. The molecule has 2 atom stereocenters. The Morgan fingerprint density at radius 1 is 0.774 bits per heavy atom. The maximum atomic E-state index is 14.5. The van der Waals surface area contributed by atoms with Gasteiger partial charge in [0.1, 0.15) is 11.6 Å². The van der Waals surface area contributed by atoms with Gasteiger partial charge in [0, 0.05) is 21.6 Å². The summed E-state index contributed by atoms with van der Waals surface area (Å²) in [5.41, 5.74) is 4.76. The van der Waals surface area contributed by atoms with Crippen molar-refractivity contribution in [2.45, 2.75) is 25.4 Å². The monoisotopic (exact) mass is 428 g/mol. The van der Waals surface area contributed by atoms with Crippen LogP contribution in [-0.2, 0) is 5.16 Å². The van der Waals surface area contributed by atoms with Crippen molar-refractivity contribution in [2.24, 2.45) is 0 Å². The van der Waals surface area contributed by atoms with Gasteiger partial charge in [0.2, 0.25) is 0 Å². The van der Waals surface area contributed by atoms with E-state index >= 15 is 0 Å². The molecule has 4 aromatic rings. The van der Waals surface area contributed by atoms with Crippen molar-refractivity contribution in [3.8, 4) is 28.0 Å². The lowest BCUT2D eigenvalue weighted by atomic mass is 9.88. The maximum Gasteiger partial charge on any atom is 0.130 e. The molecule has 1 nitrogen and oxygen atoms in total. The van der Waals surface area contributed by atoms with E-state index in [1.54, 1.807) is 6.07 Å². The topological polar surface area (TPSA) is 20.2 Å². The third-order valence-electron chi connectivity index (χ3n) is 5.89. The third kappa shape index (κ3) is 4.40. The van der Waals surface area contributed by atoms with Crippen molar-refractivity contribution in [3.63, 3.8) is 0 Å². The number of phenols is 1. The summed E-state index contributed by atoms with van der Waals surface area (Å²) >= 11 is 0. The van der Waals surface area contributed by atoms with E-state index < -0.39 is 5.16 Å². The highest BCUT2D eigenvalue weighted by Crippen LogP contribution is 2.50. The zero-order valence-corrected chi connectivity index (χ0v) is 18.8. The van der Waals surface area contributed by atoms with Crippen LogP contribution in [0, 0.1) is 5.82 Å². The standard InChI is InChI=1S/C28H26FOP/c1-3-28(2,31-26-17-11-10-16-25(26)29)24-19-22(20-12-6-4-7-13-20)18-23(27(24)30)21-14-8-5-9-15-21/h4-19,30-31H,3H2,1-2H3. The first kappa shape index (κ1) is 21.3. The molecule has 0 aromatic heterocycles. The Labute approximate surface area is 185 Å². The van der Waals surface area contributed by atoms with Gasteiger partial charge in [-0.1, -0.05) is 101 Å². The number of rotatable bonds is 6. The summed E-state index contributed by atoms with van der Waals surface area (Å²) in [6, 6.07) is 31.2. The van der Waals surface area contributed by atoms with Crippen molar-refractivity contribution in [1.82, 2.24) is 0 Å². The minimum absolute atomic E-state index is 0.192. The van der Waals surface area contributed by atoms with Crippen LogP contribution < -0.4 is 5.30 Å². The van der Waals surface area contributed by atoms with Crippen LogP contribution in [0.3, 0.4) is 0 Å². The Morgan fingerprint density at radius 2 is 1.35 bits per heavy atom. The first-order valence-corrected chi connectivity index (χ1v) is 11.5. The van der Waals surface area contributed by atoms with Crippen LogP contribution in [0.5, 0.6) is 5.75 Å². The molecule has 0 spiro atoms. The largest absolute Gasteiger partial charge is 0.507 e. The molecular weight excluding hydrogens is 402 g/mol. The van der Waals surface area contributed by atoms with E-state index in [0.29, 0.717) is 5.30 Å².